The fourth-order valence-electron chi connectivity index (χ4n) is 3.26. The van der Waals surface area contributed by atoms with E-state index in [1.54, 1.807) is 0 Å². The molecule has 8 nitrogen and oxygen atoms in total. The van der Waals surface area contributed by atoms with E-state index >= 15 is 0 Å². The maximum absolute atomic E-state index is 12.5. The molecule has 0 spiro atoms. The van der Waals surface area contributed by atoms with Crippen LogP contribution < -0.4 is 10.1 Å². The van der Waals surface area contributed by atoms with E-state index in [-0.39, 0.29) is 28.5 Å². The molecule has 2 aromatic carbocycles. The molecule has 0 saturated carbocycles. The van der Waals surface area contributed by atoms with Crippen LogP contribution in [0.25, 0.3) is 0 Å². The van der Waals surface area contributed by atoms with Gasteiger partial charge in [0.2, 0.25) is 5.91 Å². The van der Waals surface area contributed by atoms with Crippen LogP contribution in [0.3, 0.4) is 0 Å². The highest BCUT2D eigenvalue weighted by atomic mass is 16.5. The lowest BCUT2D eigenvalue weighted by Crippen LogP contribution is -2.34. The molecule has 0 aromatic heterocycles. The third-order valence-electron chi connectivity index (χ3n) is 4.64. The Morgan fingerprint density at radius 3 is 2.33 bits per heavy atom. The van der Waals surface area contributed by atoms with Gasteiger partial charge in [0, 0.05) is 6.92 Å². The Kier molecular flexibility index (Phi) is 6.46. The molecular formula is C22H22N2O6. The van der Waals surface area contributed by atoms with Gasteiger partial charge >= 0.3 is 5.97 Å². The van der Waals surface area contributed by atoms with Crippen LogP contribution >= 0.6 is 0 Å². The summed E-state index contributed by atoms with van der Waals surface area (Å²) >= 11 is 0. The third-order valence-corrected chi connectivity index (χ3v) is 4.64. The molecule has 30 heavy (non-hydrogen) atoms. The summed E-state index contributed by atoms with van der Waals surface area (Å²) in [5, 5.41) is 11.5. The normalized spacial score (nSPS) is 12.6. The number of nitrogens with zero attached hydrogens (tertiary/aromatic N) is 1. The van der Waals surface area contributed by atoms with Gasteiger partial charge in [-0.3, -0.25) is 24.1 Å². The summed E-state index contributed by atoms with van der Waals surface area (Å²) in [6, 6.07) is 12.8. The molecule has 0 radical (unpaired) electrons. The van der Waals surface area contributed by atoms with Gasteiger partial charge in [-0.25, -0.2) is 0 Å². The molecule has 0 atom stereocenters. The number of aryl methyl sites for hydroxylation is 1. The lowest BCUT2D eigenvalue weighted by atomic mass is 10.1. The van der Waals surface area contributed by atoms with Gasteiger partial charge in [-0.2, -0.15) is 0 Å². The first-order chi connectivity index (χ1) is 14.4. The number of rotatable bonds is 9. The maximum Gasteiger partial charge on any atom is 0.323 e. The number of unbranched alkanes of at least 4 members (excludes halogenated alkanes) is 1. The number of amides is 3. The molecule has 3 rings (SSSR count). The summed E-state index contributed by atoms with van der Waals surface area (Å²) in [5.41, 5.74) is 1.61. The zero-order valence-electron chi connectivity index (χ0n) is 16.5. The Bertz CT molecular complexity index is 987. The summed E-state index contributed by atoms with van der Waals surface area (Å²) in [5.74, 6) is -2.79. The molecule has 1 aliphatic heterocycles. The van der Waals surface area contributed by atoms with E-state index in [1.807, 2.05) is 18.2 Å². The van der Waals surface area contributed by atoms with Gasteiger partial charge in [0.15, 0.2) is 0 Å². The van der Waals surface area contributed by atoms with E-state index in [1.165, 1.54) is 24.6 Å². The molecular weight excluding hydrogens is 388 g/mol. The lowest BCUT2D eigenvalue weighted by molar-refractivity contribution is -0.137. The van der Waals surface area contributed by atoms with Crippen molar-refractivity contribution in [1.82, 2.24) is 4.90 Å². The van der Waals surface area contributed by atoms with E-state index in [0.29, 0.717) is 11.5 Å². The first-order valence-electron chi connectivity index (χ1n) is 9.57. The van der Waals surface area contributed by atoms with Gasteiger partial charge < -0.3 is 15.2 Å². The number of ether oxygens (including phenoxy) is 1. The average Bonchev–Trinajstić information content (AvgIpc) is 2.92. The van der Waals surface area contributed by atoms with Crippen LogP contribution in [0, 0.1) is 0 Å². The fraction of sp³-hybridized carbons (Fsp3) is 0.273. The molecule has 0 unspecified atom stereocenters. The topological polar surface area (TPSA) is 113 Å². The molecule has 0 bridgehead atoms. The van der Waals surface area contributed by atoms with Gasteiger partial charge in [0.25, 0.3) is 11.8 Å². The first-order valence-corrected chi connectivity index (χ1v) is 9.57. The average molecular weight is 410 g/mol. The number of carboxylic acids is 1. The van der Waals surface area contributed by atoms with Crippen LogP contribution in [0.1, 0.15) is 46.0 Å². The van der Waals surface area contributed by atoms with Crippen molar-refractivity contribution in [1.29, 1.82) is 0 Å². The number of fused-ring (bicyclic) bond motifs is 1. The third kappa shape index (κ3) is 4.83. The second kappa shape index (κ2) is 9.21. The highest BCUT2D eigenvalue weighted by Crippen LogP contribution is 2.34. The zero-order valence-corrected chi connectivity index (χ0v) is 16.5. The van der Waals surface area contributed by atoms with Crippen molar-refractivity contribution >= 4 is 29.4 Å². The molecule has 1 aliphatic rings. The number of carbonyl (C=O) groups excluding carboxylic acids is 3. The van der Waals surface area contributed by atoms with Gasteiger partial charge in [-0.1, -0.05) is 30.3 Å². The summed E-state index contributed by atoms with van der Waals surface area (Å²) < 4.78 is 5.79. The van der Waals surface area contributed by atoms with Crippen molar-refractivity contribution in [3.8, 4) is 5.75 Å². The number of aliphatic carboxylic acids is 1. The fourth-order valence-corrected chi connectivity index (χ4v) is 3.26. The minimum Gasteiger partial charge on any atom is -0.491 e. The number of benzene rings is 2. The predicted octanol–water partition coefficient (Wildman–Crippen LogP) is 2.73. The Morgan fingerprint density at radius 2 is 1.70 bits per heavy atom. The summed E-state index contributed by atoms with van der Waals surface area (Å²) in [7, 11) is 0. The number of hydrogen-bond acceptors (Lipinski definition) is 5. The van der Waals surface area contributed by atoms with E-state index in [2.05, 4.69) is 17.4 Å². The van der Waals surface area contributed by atoms with Gasteiger partial charge in [-0.15, -0.1) is 0 Å². The largest absolute Gasteiger partial charge is 0.491 e. The highest BCUT2D eigenvalue weighted by molar-refractivity contribution is 6.23. The number of carboxylic acid groups (broad SMARTS) is 1. The van der Waals surface area contributed by atoms with Crippen molar-refractivity contribution in [3.05, 3.63) is 59.2 Å². The number of hydrogen-bond donors (Lipinski definition) is 2. The number of anilines is 1. The lowest BCUT2D eigenvalue weighted by Gasteiger charge is -2.13. The Balaban J connectivity index is 1.71. The van der Waals surface area contributed by atoms with Crippen LogP contribution in [0.5, 0.6) is 5.75 Å². The van der Waals surface area contributed by atoms with Crippen LogP contribution in [-0.4, -0.2) is 46.8 Å². The Morgan fingerprint density at radius 1 is 1.03 bits per heavy atom. The monoisotopic (exact) mass is 410 g/mol. The van der Waals surface area contributed by atoms with Crippen LogP contribution in [0.15, 0.2) is 42.5 Å². The van der Waals surface area contributed by atoms with Crippen LogP contribution in [0.4, 0.5) is 5.69 Å². The van der Waals surface area contributed by atoms with Crippen molar-refractivity contribution in [2.24, 2.45) is 0 Å². The molecule has 3 amide bonds. The smallest absolute Gasteiger partial charge is 0.323 e. The maximum atomic E-state index is 12.5. The summed E-state index contributed by atoms with van der Waals surface area (Å²) in [6.07, 6.45) is 2.56. The van der Waals surface area contributed by atoms with E-state index in [4.69, 9.17) is 9.84 Å². The molecule has 0 fully saturated rings. The summed E-state index contributed by atoms with van der Waals surface area (Å²) in [6.45, 7) is 0.956. The molecule has 2 N–H and O–H groups in total. The van der Waals surface area contributed by atoms with Crippen molar-refractivity contribution in [2.45, 2.75) is 26.2 Å². The summed E-state index contributed by atoms with van der Waals surface area (Å²) in [4.78, 5) is 48.0. The molecule has 8 heteroatoms. The minimum absolute atomic E-state index is 0.0430. The van der Waals surface area contributed by atoms with Crippen molar-refractivity contribution in [2.75, 3.05) is 18.5 Å². The van der Waals surface area contributed by atoms with Crippen LogP contribution in [0.2, 0.25) is 0 Å². The second-order valence-corrected chi connectivity index (χ2v) is 6.96. The van der Waals surface area contributed by atoms with Crippen molar-refractivity contribution in [3.63, 3.8) is 0 Å². The number of carbonyl (C=O) groups is 4. The molecule has 0 saturated heterocycles. The van der Waals surface area contributed by atoms with Gasteiger partial charge in [-0.05, 0) is 37.0 Å². The number of nitrogens with one attached hydrogen (secondary N) is 1. The van der Waals surface area contributed by atoms with Crippen molar-refractivity contribution < 1.29 is 29.0 Å². The van der Waals surface area contributed by atoms with E-state index < -0.39 is 24.3 Å². The highest BCUT2D eigenvalue weighted by Gasteiger charge is 2.38. The quantitative estimate of drug-likeness (QED) is 0.485. The van der Waals surface area contributed by atoms with Gasteiger partial charge in [0.1, 0.15) is 12.3 Å². The Hall–Kier alpha value is -3.68. The standard InChI is InChI=1S/C22H22N2O6/c1-14(25)23-18-11-16-17(22(29)24(21(16)28)13-20(26)27)12-19(18)30-10-6-5-9-15-7-3-2-4-8-15/h2-4,7-8,11-12H,5-6,9-10,13H2,1H3,(H,23,25)(H,26,27). The molecule has 1 heterocycles. The van der Waals surface area contributed by atoms with Crippen LogP contribution in [-0.2, 0) is 16.0 Å². The minimum atomic E-state index is -1.29. The molecule has 156 valence electrons. The molecule has 2 aromatic rings. The first kappa shape index (κ1) is 21.0. The number of imide groups is 1. The van der Waals surface area contributed by atoms with Gasteiger partial charge in [0.05, 0.1) is 23.4 Å². The second-order valence-electron chi connectivity index (χ2n) is 6.96. The Labute approximate surface area is 173 Å². The van der Waals surface area contributed by atoms with E-state index in [9.17, 15) is 19.2 Å². The van der Waals surface area contributed by atoms with E-state index in [0.717, 1.165) is 19.3 Å². The SMILES string of the molecule is CC(=O)Nc1cc2c(cc1OCCCCc1ccccc1)C(=O)N(CC(=O)O)C2=O. The predicted molar refractivity (Wildman–Crippen MR) is 109 cm³/mol. The zero-order chi connectivity index (χ0) is 21.7. The molecule has 0 aliphatic carbocycles.